The minimum Gasteiger partial charge on any atom is -0.391 e. The van der Waals surface area contributed by atoms with Crippen LogP contribution in [0.3, 0.4) is 0 Å². The molecule has 1 aromatic carbocycles. The molecule has 35 heteroatoms. The smallest absolute Gasteiger partial charge is 0.245 e. The van der Waals surface area contributed by atoms with E-state index in [0.717, 1.165) is 26.2 Å². The van der Waals surface area contributed by atoms with Crippen LogP contribution in [-0.4, -0.2) is 252 Å². The summed E-state index contributed by atoms with van der Waals surface area (Å²) in [6, 6.07) is -8.06. The van der Waals surface area contributed by atoms with Crippen molar-refractivity contribution in [3.8, 4) is 12.3 Å². The maximum absolute atomic E-state index is 14.7. The van der Waals surface area contributed by atoms with Crippen LogP contribution in [0, 0.1) is 18.3 Å². The number of aliphatic hydroxyl groups is 2. The Morgan fingerprint density at radius 1 is 0.539 bits per heavy atom. The fraction of sp³-hybridized carbons (Fsp3) is 0.701. The molecule has 1 aromatic rings. The van der Waals surface area contributed by atoms with Gasteiger partial charge in [0.25, 0.3) is 0 Å². The zero-order chi connectivity index (χ0) is 75.9. The van der Waals surface area contributed by atoms with E-state index in [1.807, 2.05) is 6.92 Å². The van der Waals surface area contributed by atoms with Crippen molar-refractivity contribution in [2.45, 2.75) is 203 Å². The summed E-state index contributed by atoms with van der Waals surface area (Å²) in [6.45, 7) is 8.38. The lowest BCUT2D eigenvalue weighted by Crippen LogP contribution is -2.62. The molecule has 0 aliphatic carbocycles. The number of nitrogens with one attached hydrogen (secondary N) is 12. The topological polar surface area (TPSA) is 557 Å². The summed E-state index contributed by atoms with van der Waals surface area (Å²) < 4.78 is 21.5. The number of aliphatic hydroxyl groups excluding tert-OH is 2. The highest BCUT2D eigenvalue weighted by molar-refractivity contribution is 5.99. The molecule has 0 unspecified atom stereocenters. The van der Waals surface area contributed by atoms with E-state index in [1.165, 1.54) is 6.92 Å². The van der Waals surface area contributed by atoms with Gasteiger partial charge in [0.15, 0.2) is 0 Å². The lowest BCUT2D eigenvalue weighted by molar-refractivity contribution is -0.137. The average molecular weight is 1450 g/mol. The van der Waals surface area contributed by atoms with Gasteiger partial charge in [-0.05, 0) is 109 Å². The Labute approximate surface area is 597 Å². The average Bonchev–Trinajstić information content (AvgIpc) is 1.04. The Hall–Kier alpha value is -8.02. The number of nitrogens with two attached hydrogens (primary N) is 5. The normalized spacial score (nSPS) is 20.9. The third kappa shape index (κ3) is 35.7. The quantitative estimate of drug-likeness (QED) is 0.0214. The molecule has 1 aliphatic rings. The van der Waals surface area contributed by atoms with Crippen LogP contribution in [0.1, 0.15) is 124 Å². The van der Waals surface area contributed by atoms with Gasteiger partial charge in [0.1, 0.15) is 73.1 Å². The third-order valence-electron chi connectivity index (χ3n) is 16.0. The number of carbonyl (C=O) groups excluding carboxylic acids is 12. The molecule has 0 radical (unpaired) electrons. The summed E-state index contributed by atoms with van der Waals surface area (Å²) in [7, 11) is 0. The van der Waals surface area contributed by atoms with Crippen molar-refractivity contribution >= 4 is 70.9 Å². The van der Waals surface area contributed by atoms with Crippen LogP contribution in [0.4, 0.5) is 0 Å². The molecule has 1 saturated heterocycles. The lowest BCUT2D eigenvalue weighted by Gasteiger charge is -2.29. The molecule has 576 valence electrons. The highest BCUT2D eigenvalue weighted by Gasteiger charge is 2.38. The fourth-order valence-electron chi connectivity index (χ4n) is 10.4. The zero-order valence-corrected chi connectivity index (χ0v) is 59.7. The van der Waals surface area contributed by atoms with Gasteiger partial charge in [-0.1, -0.05) is 82.7 Å². The van der Waals surface area contributed by atoms with Gasteiger partial charge in [-0.3, -0.25) is 57.5 Å². The Balaban J connectivity index is 2.54. The second-order valence-electron chi connectivity index (χ2n) is 25.0. The largest absolute Gasteiger partial charge is 0.391 e. The van der Waals surface area contributed by atoms with Gasteiger partial charge in [-0.25, -0.2) is 0 Å². The van der Waals surface area contributed by atoms with Crippen molar-refractivity contribution in [1.29, 1.82) is 0 Å². The molecule has 0 aromatic heterocycles. The molecule has 12 amide bonds. The van der Waals surface area contributed by atoms with E-state index in [-0.39, 0.29) is 123 Å². The predicted octanol–water partition coefficient (Wildman–Crippen LogP) is -6.31. The number of benzene rings is 1. The summed E-state index contributed by atoms with van der Waals surface area (Å²) in [5, 5.41) is 52.6. The fourth-order valence-corrected chi connectivity index (χ4v) is 10.4. The first-order valence-electron chi connectivity index (χ1n) is 35.0. The highest BCUT2D eigenvalue weighted by atomic mass is 16.6. The van der Waals surface area contributed by atoms with E-state index >= 15 is 0 Å². The molecule has 1 heterocycles. The number of carbonyl (C=O) groups is 12. The van der Waals surface area contributed by atoms with E-state index in [9.17, 15) is 67.7 Å². The molecule has 0 bridgehead atoms. The van der Waals surface area contributed by atoms with E-state index < -0.39 is 163 Å². The Morgan fingerprint density at radius 2 is 1.01 bits per heavy atom. The summed E-state index contributed by atoms with van der Waals surface area (Å²) in [4.78, 5) is 170. The van der Waals surface area contributed by atoms with Crippen molar-refractivity contribution in [2.75, 3.05) is 92.1 Å². The summed E-state index contributed by atoms with van der Waals surface area (Å²) >= 11 is 0. The maximum atomic E-state index is 14.7. The SMILES string of the molecule is C#CCOCCOCCOCCOCCC(=O)N[C@@H](CCCCCC)C(=O)N[C@@H](CCN)C(=O)N[C@H](C(=O)N[C@@H](CCN)C(=O)N[C@H]1CCNC(=O)[C@H]([C@@H](C)O)NC(=O)[C@H](CCN)NC(=O)[C@H](CCN)NC(=O)[C@H](CC(C)C)NC(=O)[C@@H](Cc2ccccc2)NC(=O)[C@H](CCN)NC1=O)[C@@H](C)O. The standard InChI is InChI=1S/C67H115N17O18/c1-7-9-10-14-17-45(74-54(87)24-32-100-34-36-102-38-37-101-35-33-99-31-8-2)57(88)76-50(22-29-72)63(94)84-56(43(6)86)67(98)80-48(20-27-70)59(90)79-51-23-30-73-66(97)55(42(5)85)83-62(93)49(21-28-71)77-58(89)46(18-25-68)78-64(95)52(39-41(3)4)81-65(96)53(40-44-15-12-11-13-16-44)82-60(91)47(19-26-69)75-61(51)92/h2,11-13,15-16,41-43,45-53,55-56,85-86H,7,9-10,14,17-40,68-72H2,1,3-6H3,(H,73,97)(H,74,87)(H,75,92)(H,76,88)(H,77,89)(H,78,95)(H,79,90)(H,80,98)(H,81,96)(H,82,91)(H,83,93)(H,84,94)/t42-,43-,45+,46+,47+,48+,49+,50+,51+,52+,53-,55+,56+/m1/s1. The molecule has 1 fully saturated rings. The monoisotopic (exact) mass is 1450 g/mol. The number of rotatable bonds is 43. The van der Waals surface area contributed by atoms with Crippen molar-refractivity contribution in [3.63, 3.8) is 0 Å². The van der Waals surface area contributed by atoms with Crippen LogP contribution in [0.2, 0.25) is 0 Å². The molecule has 102 heavy (non-hydrogen) atoms. The minimum absolute atomic E-state index is 0.00160. The zero-order valence-electron chi connectivity index (χ0n) is 59.7. The number of ether oxygens (including phenoxy) is 4. The van der Waals surface area contributed by atoms with Crippen LogP contribution in [0.25, 0.3) is 0 Å². The Bertz CT molecular complexity index is 2780. The summed E-state index contributed by atoms with van der Waals surface area (Å²) in [5.74, 6) is -8.87. The molecule has 0 spiro atoms. The van der Waals surface area contributed by atoms with Crippen molar-refractivity contribution < 1.29 is 86.7 Å². The number of hydrogen-bond acceptors (Lipinski definition) is 23. The van der Waals surface area contributed by atoms with Crippen LogP contribution in [0.15, 0.2) is 30.3 Å². The van der Waals surface area contributed by atoms with Gasteiger partial charge in [0.05, 0.1) is 58.5 Å². The van der Waals surface area contributed by atoms with Crippen molar-refractivity contribution in [1.82, 2.24) is 63.8 Å². The van der Waals surface area contributed by atoms with Gasteiger partial charge in [0.2, 0.25) is 70.9 Å². The van der Waals surface area contributed by atoms with E-state index in [1.54, 1.807) is 44.2 Å². The van der Waals surface area contributed by atoms with Crippen molar-refractivity contribution in [3.05, 3.63) is 35.9 Å². The Kier molecular flexibility index (Phi) is 45.9. The van der Waals surface area contributed by atoms with Gasteiger partial charge >= 0.3 is 0 Å². The molecular weight excluding hydrogens is 1330 g/mol. The van der Waals surface area contributed by atoms with Gasteiger partial charge in [0, 0.05) is 19.4 Å². The molecule has 0 saturated carbocycles. The van der Waals surface area contributed by atoms with Gasteiger partial charge in [-0.15, -0.1) is 6.42 Å². The van der Waals surface area contributed by atoms with Crippen LogP contribution >= 0.6 is 0 Å². The molecular formula is C67H115N17O18. The first-order valence-corrected chi connectivity index (χ1v) is 35.0. The van der Waals surface area contributed by atoms with Crippen LogP contribution in [0.5, 0.6) is 0 Å². The second kappa shape index (κ2) is 52.0. The van der Waals surface area contributed by atoms with Crippen LogP contribution < -0.4 is 92.5 Å². The number of terminal acetylenes is 1. The van der Waals surface area contributed by atoms with Gasteiger partial charge < -0.3 is 122 Å². The summed E-state index contributed by atoms with van der Waals surface area (Å²) in [5.41, 5.74) is 30.2. The number of unbranched alkanes of at least 4 members (excludes halogenated alkanes) is 3. The highest BCUT2D eigenvalue weighted by Crippen LogP contribution is 2.13. The van der Waals surface area contributed by atoms with E-state index in [4.69, 9.17) is 54.0 Å². The van der Waals surface area contributed by atoms with Gasteiger partial charge in [-0.2, -0.15) is 0 Å². The summed E-state index contributed by atoms with van der Waals surface area (Å²) in [6.07, 6.45) is 3.23. The second-order valence-corrected chi connectivity index (χ2v) is 25.0. The lowest BCUT2D eigenvalue weighted by atomic mass is 10.00. The van der Waals surface area contributed by atoms with E-state index in [0.29, 0.717) is 38.4 Å². The minimum atomic E-state index is -1.82. The molecule has 13 atom stereocenters. The predicted molar refractivity (Wildman–Crippen MR) is 376 cm³/mol. The third-order valence-corrected chi connectivity index (χ3v) is 16.0. The molecule has 2 rings (SSSR count). The molecule has 1 aliphatic heterocycles. The number of amides is 12. The Morgan fingerprint density at radius 3 is 1.53 bits per heavy atom. The molecule has 35 nitrogen and oxygen atoms in total. The van der Waals surface area contributed by atoms with E-state index in [2.05, 4.69) is 69.7 Å². The maximum Gasteiger partial charge on any atom is 0.245 e. The first kappa shape index (κ1) is 90.1. The van der Waals surface area contributed by atoms with Crippen LogP contribution in [-0.2, 0) is 82.9 Å². The first-order chi connectivity index (χ1) is 48.8. The van der Waals surface area contributed by atoms with Crippen molar-refractivity contribution in [2.24, 2.45) is 34.6 Å². The molecule has 24 N–H and O–H groups in total. The number of hydrogen-bond donors (Lipinski definition) is 19.